The van der Waals surface area contributed by atoms with Gasteiger partial charge in [-0.25, -0.2) is 0 Å². The highest BCUT2D eigenvalue weighted by Crippen LogP contribution is 2.38. The highest BCUT2D eigenvalue weighted by molar-refractivity contribution is 14.0. The smallest absolute Gasteiger partial charge is 0.230 e. The van der Waals surface area contributed by atoms with Crippen LogP contribution in [0.15, 0.2) is 41.5 Å². The Morgan fingerprint density at radius 3 is 2.57 bits per heavy atom. The number of hydrogen-bond donors (Lipinski definition) is 2. The molecule has 1 aliphatic carbocycles. The van der Waals surface area contributed by atoms with Crippen molar-refractivity contribution in [1.29, 1.82) is 0 Å². The highest BCUT2D eigenvalue weighted by atomic mass is 127. The minimum atomic E-state index is -0.317. The molecule has 0 radical (unpaired) electrons. The molecule has 6 nitrogen and oxygen atoms in total. The second-order valence-corrected chi connectivity index (χ2v) is 7.46. The zero-order valence-electron chi connectivity index (χ0n) is 16.9. The predicted molar refractivity (Wildman–Crippen MR) is 125 cm³/mol. The standard InChI is InChI=1S/C21H29N5O.HI/c1-22-20(25-15-21(11-4-5-12-21)19(27)26(2)3)24-14-17-9-6-8-16-10-7-13-23-18(16)17;/h6-10,13H,4-5,11-12,14-15H2,1-3H3,(H2,22,24,25);1H. The summed E-state index contributed by atoms with van der Waals surface area (Å²) < 4.78 is 0. The van der Waals surface area contributed by atoms with E-state index in [4.69, 9.17) is 0 Å². The molecule has 2 aromatic rings. The summed E-state index contributed by atoms with van der Waals surface area (Å²) >= 11 is 0. The molecule has 2 N–H and O–H groups in total. The Bertz CT molecular complexity index is 825. The topological polar surface area (TPSA) is 69.6 Å². The Labute approximate surface area is 184 Å². The van der Waals surface area contributed by atoms with Crippen molar-refractivity contribution in [2.24, 2.45) is 10.4 Å². The Kier molecular flexibility index (Phi) is 8.03. The number of amides is 1. The molecule has 7 heteroatoms. The zero-order chi connectivity index (χ0) is 19.3. The quantitative estimate of drug-likeness (QED) is 0.380. The van der Waals surface area contributed by atoms with E-state index < -0.39 is 0 Å². The molecular weight excluding hydrogens is 465 g/mol. The maximum Gasteiger partial charge on any atom is 0.230 e. The van der Waals surface area contributed by atoms with Gasteiger partial charge in [-0.3, -0.25) is 14.8 Å². The molecule has 0 unspecified atom stereocenters. The van der Waals surface area contributed by atoms with Crippen LogP contribution >= 0.6 is 24.0 Å². The van der Waals surface area contributed by atoms with Gasteiger partial charge in [-0.2, -0.15) is 0 Å². The number of rotatable bonds is 5. The summed E-state index contributed by atoms with van der Waals surface area (Å²) in [5.41, 5.74) is 1.80. The number of carbonyl (C=O) groups is 1. The number of aromatic nitrogens is 1. The number of pyridine rings is 1. The molecule has 0 bridgehead atoms. The number of benzene rings is 1. The second kappa shape index (κ2) is 10.0. The summed E-state index contributed by atoms with van der Waals surface area (Å²) in [6, 6.07) is 10.2. The number of fused-ring (bicyclic) bond motifs is 1. The molecule has 1 saturated carbocycles. The summed E-state index contributed by atoms with van der Waals surface area (Å²) in [5.74, 6) is 0.918. The SMILES string of the molecule is CN=C(NCc1cccc2cccnc12)NCC1(C(=O)N(C)C)CCCC1.I. The van der Waals surface area contributed by atoms with Crippen molar-refractivity contribution in [3.05, 3.63) is 42.1 Å². The second-order valence-electron chi connectivity index (χ2n) is 7.46. The third kappa shape index (κ3) is 4.92. The van der Waals surface area contributed by atoms with Gasteiger partial charge in [0.15, 0.2) is 5.96 Å². The van der Waals surface area contributed by atoms with E-state index in [1.165, 1.54) is 0 Å². The predicted octanol–water partition coefficient (Wildman–Crippen LogP) is 3.17. The summed E-state index contributed by atoms with van der Waals surface area (Å²) in [6.07, 6.45) is 5.89. The van der Waals surface area contributed by atoms with Crippen LogP contribution in [0, 0.1) is 5.41 Å². The minimum Gasteiger partial charge on any atom is -0.355 e. The monoisotopic (exact) mass is 495 g/mol. The van der Waals surface area contributed by atoms with Gasteiger partial charge in [-0.1, -0.05) is 37.1 Å². The van der Waals surface area contributed by atoms with E-state index in [9.17, 15) is 4.79 Å². The lowest BCUT2D eigenvalue weighted by Crippen LogP contribution is -2.49. The van der Waals surface area contributed by atoms with Crippen molar-refractivity contribution in [3.8, 4) is 0 Å². The lowest BCUT2D eigenvalue weighted by Gasteiger charge is -2.31. The average Bonchev–Trinajstić information content (AvgIpc) is 3.17. The van der Waals surface area contributed by atoms with Gasteiger partial charge in [-0.05, 0) is 24.5 Å². The minimum absolute atomic E-state index is 0. The van der Waals surface area contributed by atoms with Gasteiger partial charge in [0, 0.05) is 45.8 Å². The zero-order valence-corrected chi connectivity index (χ0v) is 19.2. The van der Waals surface area contributed by atoms with Crippen molar-refractivity contribution in [1.82, 2.24) is 20.5 Å². The van der Waals surface area contributed by atoms with Crippen molar-refractivity contribution in [2.75, 3.05) is 27.7 Å². The van der Waals surface area contributed by atoms with Crippen LogP contribution in [0.25, 0.3) is 10.9 Å². The average molecular weight is 495 g/mol. The fourth-order valence-electron chi connectivity index (χ4n) is 3.95. The first kappa shape index (κ1) is 22.4. The molecule has 1 amide bonds. The number of halogens is 1. The molecular formula is C21H30IN5O. The van der Waals surface area contributed by atoms with Crippen LogP contribution in [-0.4, -0.2) is 49.4 Å². The van der Waals surface area contributed by atoms with Gasteiger partial charge in [0.1, 0.15) is 0 Å². The molecule has 1 heterocycles. The Hall–Kier alpha value is -1.90. The number of carbonyl (C=O) groups excluding carboxylic acids is 1. The molecule has 1 aliphatic rings. The Morgan fingerprint density at radius 2 is 1.89 bits per heavy atom. The van der Waals surface area contributed by atoms with E-state index in [1.54, 1.807) is 11.9 Å². The molecule has 1 aromatic heterocycles. The fourth-order valence-corrected chi connectivity index (χ4v) is 3.95. The van der Waals surface area contributed by atoms with Gasteiger partial charge in [0.2, 0.25) is 5.91 Å². The van der Waals surface area contributed by atoms with E-state index in [1.807, 2.05) is 32.4 Å². The normalized spacial score (nSPS) is 15.8. The van der Waals surface area contributed by atoms with Crippen LogP contribution in [0.3, 0.4) is 0 Å². The molecule has 0 spiro atoms. The van der Waals surface area contributed by atoms with Crippen LogP contribution < -0.4 is 10.6 Å². The van der Waals surface area contributed by atoms with Crippen molar-refractivity contribution in [3.63, 3.8) is 0 Å². The molecule has 0 aliphatic heterocycles. The number of hydrogen-bond acceptors (Lipinski definition) is 3. The molecule has 0 atom stereocenters. The lowest BCUT2D eigenvalue weighted by atomic mass is 9.84. The summed E-state index contributed by atoms with van der Waals surface area (Å²) in [5, 5.41) is 7.86. The van der Waals surface area contributed by atoms with Gasteiger partial charge in [-0.15, -0.1) is 24.0 Å². The van der Waals surface area contributed by atoms with Gasteiger partial charge in [0.05, 0.1) is 10.9 Å². The van der Waals surface area contributed by atoms with Gasteiger partial charge < -0.3 is 15.5 Å². The van der Waals surface area contributed by atoms with Crippen LogP contribution in [-0.2, 0) is 11.3 Å². The van der Waals surface area contributed by atoms with Crippen molar-refractivity contribution < 1.29 is 4.79 Å². The van der Waals surface area contributed by atoms with Crippen molar-refractivity contribution >= 4 is 46.7 Å². The van der Waals surface area contributed by atoms with Crippen LogP contribution in [0.4, 0.5) is 0 Å². The third-order valence-corrected chi connectivity index (χ3v) is 5.40. The van der Waals surface area contributed by atoms with E-state index in [2.05, 4.69) is 38.8 Å². The number of para-hydroxylation sites is 1. The maximum absolute atomic E-state index is 12.7. The van der Waals surface area contributed by atoms with Gasteiger partial charge >= 0.3 is 0 Å². The lowest BCUT2D eigenvalue weighted by molar-refractivity contribution is -0.138. The molecule has 1 fully saturated rings. The first-order valence-corrected chi connectivity index (χ1v) is 9.55. The maximum atomic E-state index is 12.7. The summed E-state index contributed by atoms with van der Waals surface area (Å²) in [4.78, 5) is 23.3. The number of aliphatic imine (C=N–C) groups is 1. The van der Waals surface area contributed by atoms with Crippen LogP contribution in [0.2, 0.25) is 0 Å². The molecule has 28 heavy (non-hydrogen) atoms. The first-order chi connectivity index (χ1) is 13.1. The first-order valence-electron chi connectivity index (χ1n) is 9.55. The van der Waals surface area contributed by atoms with E-state index in [0.29, 0.717) is 19.0 Å². The number of guanidine groups is 1. The number of nitrogens with one attached hydrogen (secondary N) is 2. The third-order valence-electron chi connectivity index (χ3n) is 5.40. The highest BCUT2D eigenvalue weighted by Gasteiger charge is 2.42. The number of nitrogens with zero attached hydrogens (tertiary/aromatic N) is 3. The molecule has 152 valence electrons. The van der Waals surface area contributed by atoms with Crippen LogP contribution in [0.1, 0.15) is 31.2 Å². The van der Waals surface area contributed by atoms with Crippen molar-refractivity contribution in [2.45, 2.75) is 32.2 Å². The van der Waals surface area contributed by atoms with E-state index in [-0.39, 0.29) is 35.3 Å². The van der Waals surface area contributed by atoms with Gasteiger partial charge in [0.25, 0.3) is 0 Å². The Balaban J connectivity index is 0.00000280. The fraction of sp³-hybridized carbons (Fsp3) is 0.476. The summed E-state index contributed by atoms with van der Waals surface area (Å²) in [6.45, 7) is 1.24. The van der Waals surface area contributed by atoms with E-state index >= 15 is 0 Å². The van der Waals surface area contributed by atoms with E-state index in [0.717, 1.165) is 42.1 Å². The molecule has 0 saturated heterocycles. The molecule has 3 rings (SSSR count). The molecule has 1 aromatic carbocycles. The summed E-state index contributed by atoms with van der Waals surface area (Å²) in [7, 11) is 5.43. The largest absolute Gasteiger partial charge is 0.355 e. The van der Waals surface area contributed by atoms with Crippen LogP contribution in [0.5, 0.6) is 0 Å². The Morgan fingerprint density at radius 1 is 1.18 bits per heavy atom.